The molecule has 2 N–H and O–H groups in total. The minimum Gasteiger partial charge on any atom is -0.388 e. The summed E-state index contributed by atoms with van der Waals surface area (Å²) >= 11 is 0. The van der Waals surface area contributed by atoms with Crippen LogP contribution < -0.4 is 5.32 Å². The summed E-state index contributed by atoms with van der Waals surface area (Å²) < 4.78 is 12.8. The van der Waals surface area contributed by atoms with Crippen LogP contribution in [0.1, 0.15) is 89.2 Å². The topological polar surface area (TPSA) is 32.3 Å². The van der Waals surface area contributed by atoms with Gasteiger partial charge >= 0.3 is 0 Å². The SMILES string of the molecule is CCCCCCCCCCCCNCCC(O)c1ccc(F)cc1. The lowest BCUT2D eigenvalue weighted by atomic mass is 10.1. The molecule has 0 radical (unpaired) electrons. The van der Waals surface area contributed by atoms with Crippen LogP contribution in [-0.2, 0) is 0 Å². The molecule has 138 valence electrons. The molecule has 0 aliphatic rings. The van der Waals surface area contributed by atoms with Gasteiger partial charge in [-0.2, -0.15) is 0 Å². The molecule has 0 spiro atoms. The Hall–Kier alpha value is -0.930. The molecule has 0 fully saturated rings. The maximum Gasteiger partial charge on any atom is 0.123 e. The number of benzene rings is 1. The fourth-order valence-electron chi connectivity index (χ4n) is 2.95. The molecule has 1 atom stereocenters. The van der Waals surface area contributed by atoms with E-state index in [1.54, 1.807) is 12.1 Å². The van der Waals surface area contributed by atoms with E-state index >= 15 is 0 Å². The van der Waals surface area contributed by atoms with E-state index in [9.17, 15) is 9.50 Å². The fourth-order valence-corrected chi connectivity index (χ4v) is 2.95. The summed E-state index contributed by atoms with van der Waals surface area (Å²) in [5.74, 6) is -0.259. The van der Waals surface area contributed by atoms with E-state index in [1.165, 1.54) is 76.3 Å². The number of unbranched alkanes of at least 4 members (excludes halogenated alkanes) is 9. The molecule has 0 aromatic heterocycles. The second-order valence-corrected chi connectivity index (χ2v) is 6.79. The standard InChI is InChI=1S/C21H36FNO/c1-2-3-4-5-6-7-8-9-10-11-17-23-18-16-21(24)19-12-14-20(22)15-13-19/h12-15,21,23-24H,2-11,16-18H2,1H3. The van der Waals surface area contributed by atoms with Crippen LogP contribution in [0, 0.1) is 5.82 Å². The molecule has 0 amide bonds. The van der Waals surface area contributed by atoms with Crippen molar-refractivity contribution in [2.24, 2.45) is 0 Å². The van der Waals surface area contributed by atoms with Crippen molar-refractivity contribution in [1.29, 1.82) is 0 Å². The summed E-state index contributed by atoms with van der Waals surface area (Å²) in [7, 11) is 0. The Kier molecular flexibility index (Phi) is 12.7. The van der Waals surface area contributed by atoms with Gasteiger partial charge in [-0.25, -0.2) is 4.39 Å². The molecule has 1 rings (SSSR count). The highest BCUT2D eigenvalue weighted by Crippen LogP contribution is 2.16. The van der Waals surface area contributed by atoms with Gasteiger partial charge in [0.2, 0.25) is 0 Å². The summed E-state index contributed by atoms with van der Waals surface area (Å²) in [6.07, 6.45) is 13.7. The van der Waals surface area contributed by atoms with Crippen LogP contribution in [0.25, 0.3) is 0 Å². The monoisotopic (exact) mass is 337 g/mol. The van der Waals surface area contributed by atoms with Crippen LogP contribution in [0.5, 0.6) is 0 Å². The second kappa shape index (κ2) is 14.4. The van der Waals surface area contributed by atoms with E-state index in [-0.39, 0.29) is 5.82 Å². The zero-order valence-corrected chi connectivity index (χ0v) is 15.4. The van der Waals surface area contributed by atoms with Crippen molar-refractivity contribution in [3.05, 3.63) is 35.6 Å². The van der Waals surface area contributed by atoms with Gasteiger partial charge in [0.05, 0.1) is 6.10 Å². The highest BCUT2D eigenvalue weighted by Gasteiger charge is 2.06. The van der Waals surface area contributed by atoms with E-state index in [0.29, 0.717) is 6.42 Å². The molecule has 1 unspecified atom stereocenters. The summed E-state index contributed by atoms with van der Waals surface area (Å²) in [5.41, 5.74) is 0.789. The van der Waals surface area contributed by atoms with Gasteiger partial charge in [-0.3, -0.25) is 0 Å². The Labute approximate surface area is 147 Å². The van der Waals surface area contributed by atoms with E-state index in [4.69, 9.17) is 0 Å². The largest absolute Gasteiger partial charge is 0.388 e. The first-order chi connectivity index (χ1) is 11.7. The Morgan fingerprint density at radius 2 is 1.38 bits per heavy atom. The molecule has 0 aliphatic heterocycles. The highest BCUT2D eigenvalue weighted by molar-refractivity contribution is 5.18. The predicted molar refractivity (Wildman–Crippen MR) is 101 cm³/mol. The van der Waals surface area contributed by atoms with Gasteiger partial charge in [0.25, 0.3) is 0 Å². The molecule has 1 aromatic rings. The van der Waals surface area contributed by atoms with E-state index in [2.05, 4.69) is 12.2 Å². The van der Waals surface area contributed by atoms with Crippen LogP contribution in [0.3, 0.4) is 0 Å². The highest BCUT2D eigenvalue weighted by atomic mass is 19.1. The van der Waals surface area contributed by atoms with Gasteiger partial charge < -0.3 is 10.4 Å². The Bertz CT molecular complexity index is 393. The third-order valence-corrected chi connectivity index (χ3v) is 4.56. The maximum atomic E-state index is 12.8. The van der Waals surface area contributed by atoms with Gasteiger partial charge in [-0.05, 0) is 43.6 Å². The average molecular weight is 338 g/mol. The Morgan fingerprint density at radius 3 is 1.96 bits per heavy atom. The molecule has 0 saturated heterocycles. The van der Waals surface area contributed by atoms with Crippen LogP contribution in [0.4, 0.5) is 4.39 Å². The number of hydrogen-bond acceptors (Lipinski definition) is 2. The Balaban J connectivity index is 1.86. The normalized spacial score (nSPS) is 12.5. The number of hydrogen-bond donors (Lipinski definition) is 2. The van der Waals surface area contributed by atoms with Crippen LogP contribution >= 0.6 is 0 Å². The number of nitrogens with one attached hydrogen (secondary N) is 1. The van der Waals surface area contributed by atoms with Gasteiger partial charge in [0, 0.05) is 0 Å². The fraction of sp³-hybridized carbons (Fsp3) is 0.714. The zero-order valence-electron chi connectivity index (χ0n) is 15.4. The van der Waals surface area contributed by atoms with E-state index in [0.717, 1.165) is 18.7 Å². The molecular weight excluding hydrogens is 301 g/mol. The van der Waals surface area contributed by atoms with E-state index in [1.807, 2.05) is 0 Å². The number of aliphatic hydroxyl groups excluding tert-OH is 1. The first-order valence-electron chi connectivity index (χ1n) is 9.88. The molecule has 0 aliphatic carbocycles. The van der Waals surface area contributed by atoms with Crippen molar-refractivity contribution >= 4 is 0 Å². The average Bonchev–Trinajstić information content (AvgIpc) is 2.59. The second-order valence-electron chi connectivity index (χ2n) is 6.79. The van der Waals surface area contributed by atoms with Gasteiger partial charge in [-0.15, -0.1) is 0 Å². The van der Waals surface area contributed by atoms with Crippen LogP contribution in [0.15, 0.2) is 24.3 Å². The lowest BCUT2D eigenvalue weighted by Crippen LogP contribution is -2.18. The minimum absolute atomic E-state index is 0.259. The minimum atomic E-state index is -0.509. The summed E-state index contributed by atoms with van der Waals surface area (Å²) in [5, 5.41) is 13.4. The molecule has 1 aromatic carbocycles. The predicted octanol–water partition coefficient (Wildman–Crippen LogP) is 5.76. The van der Waals surface area contributed by atoms with Crippen molar-refractivity contribution in [3.8, 4) is 0 Å². The van der Waals surface area contributed by atoms with Gasteiger partial charge in [-0.1, -0.05) is 76.8 Å². The zero-order chi connectivity index (χ0) is 17.5. The third kappa shape index (κ3) is 10.8. The smallest absolute Gasteiger partial charge is 0.123 e. The summed E-state index contributed by atoms with van der Waals surface area (Å²) in [6.45, 7) is 4.08. The number of rotatable bonds is 15. The lowest BCUT2D eigenvalue weighted by molar-refractivity contribution is 0.167. The van der Waals surface area contributed by atoms with Crippen LogP contribution in [0.2, 0.25) is 0 Å². The van der Waals surface area contributed by atoms with Crippen molar-refractivity contribution < 1.29 is 9.50 Å². The first kappa shape index (κ1) is 21.1. The third-order valence-electron chi connectivity index (χ3n) is 4.56. The quantitative estimate of drug-likeness (QED) is 0.399. The van der Waals surface area contributed by atoms with Gasteiger partial charge in [0.15, 0.2) is 0 Å². The molecule has 0 saturated carbocycles. The van der Waals surface area contributed by atoms with E-state index < -0.39 is 6.10 Å². The molecule has 24 heavy (non-hydrogen) atoms. The van der Waals surface area contributed by atoms with Gasteiger partial charge in [0.1, 0.15) is 5.82 Å². The Morgan fingerprint density at radius 1 is 0.833 bits per heavy atom. The number of halogens is 1. The maximum absolute atomic E-state index is 12.8. The molecular formula is C21H36FNO. The molecule has 0 heterocycles. The molecule has 0 bridgehead atoms. The lowest BCUT2D eigenvalue weighted by Gasteiger charge is -2.11. The first-order valence-corrected chi connectivity index (χ1v) is 9.88. The summed E-state index contributed by atoms with van der Waals surface area (Å²) in [6, 6.07) is 6.11. The number of aliphatic hydroxyl groups is 1. The van der Waals surface area contributed by atoms with Crippen molar-refractivity contribution in [3.63, 3.8) is 0 Å². The van der Waals surface area contributed by atoms with Crippen molar-refractivity contribution in [1.82, 2.24) is 5.32 Å². The van der Waals surface area contributed by atoms with Crippen LogP contribution in [-0.4, -0.2) is 18.2 Å². The van der Waals surface area contributed by atoms with Crippen molar-refractivity contribution in [2.75, 3.05) is 13.1 Å². The molecule has 2 nitrogen and oxygen atoms in total. The molecule has 3 heteroatoms. The summed E-state index contributed by atoms with van der Waals surface area (Å²) in [4.78, 5) is 0. The van der Waals surface area contributed by atoms with Crippen molar-refractivity contribution in [2.45, 2.75) is 83.7 Å².